The van der Waals surface area contributed by atoms with Crippen LogP contribution < -0.4 is 9.47 Å². The van der Waals surface area contributed by atoms with Crippen LogP contribution >= 0.6 is 0 Å². The van der Waals surface area contributed by atoms with E-state index in [4.69, 9.17) is 19.5 Å². The number of unbranched alkanes of at least 4 members (excludes halogenated alkanes) is 1. The van der Waals surface area contributed by atoms with Crippen molar-refractivity contribution in [3.63, 3.8) is 0 Å². The van der Waals surface area contributed by atoms with Crippen LogP contribution in [0.2, 0.25) is 0 Å². The molecule has 0 aliphatic carbocycles. The minimum Gasteiger partial charge on any atom is -0.493 e. The minimum atomic E-state index is -0.686. The summed E-state index contributed by atoms with van der Waals surface area (Å²) >= 11 is 0. The number of hydrogen-bond donors (Lipinski definition) is 0. The van der Waals surface area contributed by atoms with Gasteiger partial charge in [-0.2, -0.15) is 5.26 Å². The number of carbonyl (C=O) groups excluding carboxylic acids is 1. The zero-order valence-electron chi connectivity index (χ0n) is 13.5. The van der Waals surface area contributed by atoms with Crippen LogP contribution in [0.4, 0.5) is 0 Å². The summed E-state index contributed by atoms with van der Waals surface area (Å²) in [4.78, 5) is 11.7. The van der Waals surface area contributed by atoms with Crippen molar-refractivity contribution in [1.29, 1.82) is 5.26 Å². The molecule has 1 rings (SSSR count). The van der Waals surface area contributed by atoms with E-state index < -0.39 is 5.97 Å². The molecule has 1 aromatic rings. The summed E-state index contributed by atoms with van der Waals surface area (Å²) in [6.45, 7) is 6.21. The summed E-state index contributed by atoms with van der Waals surface area (Å²) in [5.74, 6) is 0.493. The lowest BCUT2D eigenvalue weighted by molar-refractivity contribution is -0.137. The molecule has 0 radical (unpaired) electrons. The highest BCUT2D eigenvalue weighted by Crippen LogP contribution is 2.29. The van der Waals surface area contributed by atoms with Gasteiger partial charge in [0.25, 0.3) is 0 Å². The molecule has 0 unspecified atom stereocenters. The lowest BCUT2D eigenvalue weighted by Crippen LogP contribution is -2.06. The number of hydrogen-bond acceptors (Lipinski definition) is 5. The van der Waals surface area contributed by atoms with E-state index in [1.54, 1.807) is 25.3 Å². The average molecular weight is 315 g/mol. The summed E-state index contributed by atoms with van der Waals surface area (Å²) in [7, 11) is 1.54. The quantitative estimate of drug-likeness (QED) is 0.229. The van der Waals surface area contributed by atoms with Crippen molar-refractivity contribution in [1.82, 2.24) is 0 Å². The fourth-order valence-corrected chi connectivity index (χ4v) is 1.74. The van der Waals surface area contributed by atoms with Gasteiger partial charge in [-0.1, -0.05) is 32.1 Å². The van der Waals surface area contributed by atoms with E-state index in [1.807, 2.05) is 6.07 Å². The van der Waals surface area contributed by atoms with Crippen molar-refractivity contribution in [2.24, 2.45) is 0 Å². The van der Waals surface area contributed by atoms with Gasteiger partial charge in [0.15, 0.2) is 11.5 Å². The molecule has 0 aliphatic heterocycles. The van der Waals surface area contributed by atoms with Crippen molar-refractivity contribution < 1.29 is 19.0 Å². The van der Waals surface area contributed by atoms with E-state index in [1.165, 1.54) is 12.2 Å². The standard InChI is InChI=1S/C18H21NO4/c1-4-6-10-22-16-8-7-14(12-17(16)21-3)11-15(13-19)18(20)23-9-5-2/h5,7-8,11-12H,2,4,6,9-10H2,1,3H3. The Morgan fingerprint density at radius 2 is 2.17 bits per heavy atom. The van der Waals surface area contributed by atoms with Gasteiger partial charge in [0.2, 0.25) is 0 Å². The molecule has 23 heavy (non-hydrogen) atoms. The highest BCUT2D eigenvalue weighted by molar-refractivity contribution is 5.98. The Morgan fingerprint density at radius 3 is 2.78 bits per heavy atom. The molecular weight excluding hydrogens is 294 g/mol. The van der Waals surface area contributed by atoms with Crippen molar-refractivity contribution in [3.8, 4) is 17.6 Å². The summed E-state index contributed by atoms with van der Waals surface area (Å²) in [5, 5.41) is 9.08. The highest BCUT2D eigenvalue weighted by atomic mass is 16.5. The lowest BCUT2D eigenvalue weighted by Gasteiger charge is -2.11. The number of benzene rings is 1. The molecule has 0 saturated heterocycles. The second-order valence-corrected chi connectivity index (χ2v) is 4.67. The van der Waals surface area contributed by atoms with Gasteiger partial charge in [0, 0.05) is 0 Å². The molecule has 0 N–H and O–H groups in total. The largest absolute Gasteiger partial charge is 0.493 e. The number of carbonyl (C=O) groups is 1. The van der Waals surface area contributed by atoms with Gasteiger partial charge in [-0.05, 0) is 30.2 Å². The van der Waals surface area contributed by atoms with Crippen LogP contribution in [0.15, 0.2) is 36.4 Å². The zero-order chi connectivity index (χ0) is 17.1. The maximum atomic E-state index is 11.7. The average Bonchev–Trinajstić information content (AvgIpc) is 2.58. The summed E-state index contributed by atoms with van der Waals surface area (Å²) in [6, 6.07) is 7.05. The fourth-order valence-electron chi connectivity index (χ4n) is 1.74. The zero-order valence-corrected chi connectivity index (χ0v) is 13.5. The Hall–Kier alpha value is -2.74. The van der Waals surface area contributed by atoms with E-state index >= 15 is 0 Å². The molecule has 0 heterocycles. The predicted molar refractivity (Wildman–Crippen MR) is 88.1 cm³/mol. The van der Waals surface area contributed by atoms with Gasteiger partial charge < -0.3 is 14.2 Å². The van der Waals surface area contributed by atoms with Crippen LogP contribution in [0, 0.1) is 11.3 Å². The molecule has 5 heteroatoms. The van der Waals surface area contributed by atoms with Gasteiger partial charge >= 0.3 is 5.97 Å². The van der Waals surface area contributed by atoms with Crippen LogP contribution in [-0.2, 0) is 9.53 Å². The maximum Gasteiger partial charge on any atom is 0.349 e. The smallest absolute Gasteiger partial charge is 0.349 e. The number of ether oxygens (including phenoxy) is 3. The van der Waals surface area contributed by atoms with Crippen LogP contribution in [0.3, 0.4) is 0 Å². The molecule has 0 spiro atoms. The molecule has 0 amide bonds. The van der Waals surface area contributed by atoms with Gasteiger partial charge in [0.05, 0.1) is 13.7 Å². The topological polar surface area (TPSA) is 68.6 Å². The first-order chi connectivity index (χ1) is 11.2. The first kappa shape index (κ1) is 18.3. The molecule has 0 saturated carbocycles. The molecular formula is C18H21NO4. The van der Waals surface area contributed by atoms with Crippen LogP contribution in [-0.4, -0.2) is 26.3 Å². The predicted octanol–water partition coefficient (Wildman–Crippen LogP) is 3.51. The molecule has 0 aliphatic rings. The monoisotopic (exact) mass is 315 g/mol. The third-order valence-electron chi connectivity index (χ3n) is 2.93. The highest BCUT2D eigenvalue weighted by Gasteiger charge is 2.11. The third-order valence-corrected chi connectivity index (χ3v) is 2.93. The van der Waals surface area contributed by atoms with Gasteiger partial charge in [-0.3, -0.25) is 0 Å². The first-order valence-corrected chi connectivity index (χ1v) is 7.36. The van der Waals surface area contributed by atoms with Gasteiger partial charge in [0.1, 0.15) is 18.2 Å². The van der Waals surface area contributed by atoms with Gasteiger partial charge in [-0.25, -0.2) is 4.79 Å². The van der Waals surface area contributed by atoms with E-state index in [-0.39, 0.29) is 12.2 Å². The normalized spacial score (nSPS) is 10.6. The lowest BCUT2D eigenvalue weighted by atomic mass is 10.1. The molecule has 0 atom stereocenters. The minimum absolute atomic E-state index is 0.0609. The number of rotatable bonds is 9. The van der Waals surface area contributed by atoms with E-state index in [0.717, 1.165) is 12.8 Å². The molecule has 5 nitrogen and oxygen atoms in total. The Kier molecular flexibility index (Phi) is 8.01. The number of nitriles is 1. The molecule has 0 bridgehead atoms. The van der Waals surface area contributed by atoms with Crippen molar-refractivity contribution in [3.05, 3.63) is 42.0 Å². The fraction of sp³-hybridized carbons (Fsp3) is 0.333. The third kappa shape index (κ3) is 5.87. The van der Waals surface area contributed by atoms with Gasteiger partial charge in [-0.15, -0.1) is 0 Å². The summed E-state index contributed by atoms with van der Waals surface area (Å²) < 4.78 is 15.8. The first-order valence-electron chi connectivity index (χ1n) is 7.36. The Labute approximate surface area is 136 Å². The summed E-state index contributed by atoms with van der Waals surface area (Å²) in [5.41, 5.74) is 0.561. The molecule has 0 fully saturated rings. The molecule has 0 aromatic heterocycles. The van der Waals surface area contributed by atoms with E-state index in [0.29, 0.717) is 23.7 Å². The van der Waals surface area contributed by atoms with E-state index in [2.05, 4.69) is 13.5 Å². The van der Waals surface area contributed by atoms with Crippen LogP contribution in [0.1, 0.15) is 25.3 Å². The summed E-state index contributed by atoms with van der Waals surface area (Å²) in [6.07, 6.45) is 4.89. The van der Waals surface area contributed by atoms with Crippen LogP contribution in [0.5, 0.6) is 11.5 Å². The Balaban J connectivity index is 2.95. The Bertz CT molecular complexity index is 614. The second kappa shape index (κ2) is 10.1. The molecule has 122 valence electrons. The second-order valence-electron chi connectivity index (χ2n) is 4.67. The SMILES string of the molecule is C=CCOC(=O)C(C#N)=Cc1ccc(OCCCC)c(OC)c1. The van der Waals surface area contributed by atoms with Crippen molar-refractivity contribution in [2.45, 2.75) is 19.8 Å². The number of methoxy groups -OCH3 is 1. The van der Waals surface area contributed by atoms with Crippen LogP contribution in [0.25, 0.3) is 6.08 Å². The van der Waals surface area contributed by atoms with E-state index in [9.17, 15) is 4.79 Å². The van der Waals surface area contributed by atoms with Crippen molar-refractivity contribution in [2.75, 3.05) is 20.3 Å². The Morgan fingerprint density at radius 1 is 1.39 bits per heavy atom. The maximum absolute atomic E-state index is 11.7. The molecule has 1 aromatic carbocycles. The number of nitrogens with zero attached hydrogens (tertiary/aromatic N) is 1. The number of esters is 1. The van der Waals surface area contributed by atoms with Crippen molar-refractivity contribution >= 4 is 12.0 Å².